The number of nitrogens with zero attached hydrogens (tertiary/aromatic N) is 1. The smallest absolute Gasteiger partial charge is 0.220 e. The first kappa shape index (κ1) is 14.3. The Hall–Kier alpha value is -1.73. The van der Waals surface area contributed by atoms with Gasteiger partial charge < -0.3 is 10.1 Å². The average Bonchev–Trinajstić information content (AvgIpc) is 2.41. The van der Waals surface area contributed by atoms with Gasteiger partial charge >= 0.3 is 0 Å². The zero-order valence-corrected chi connectivity index (χ0v) is 10.7. The molecule has 1 amide bonds. The molecule has 1 aromatic heterocycles. The number of pyridine rings is 1. The number of carbonyl (C=O) groups excluding carboxylic acids is 1. The molecular formula is C13H15ClN2O2. The van der Waals surface area contributed by atoms with E-state index in [1.165, 1.54) is 0 Å². The molecule has 0 radical (unpaired) electrons. The van der Waals surface area contributed by atoms with Crippen LogP contribution in [0.25, 0.3) is 0 Å². The Morgan fingerprint density at radius 3 is 3.11 bits per heavy atom. The first-order valence-corrected chi connectivity index (χ1v) is 6.17. The fourth-order valence-electron chi connectivity index (χ4n) is 1.12. The van der Waals surface area contributed by atoms with E-state index in [0.29, 0.717) is 31.0 Å². The highest BCUT2D eigenvalue weighted by atomic mass is 35.5. The lowest BCUT2D eigenvalue weighted by Gasteiger charge is -2.00. The SMILES string of the molecule is O=C(CCCCl)NCC#CCOc1cccnc1. The van der Waals surface area contributed by atoms with Gasteiger partial charge in [0.25, 0.3) is 0 Å². The fourth-order valence-corrected chi connectivity index (χ4v) is 1.26. The van der Waals surface area contributed by atoms with Crippen LogP contribution in [-0.2, 0) is 4.79 Å². The van der Waals surface area contributed by atoms with E-state index in [9.17, 15) is 4.79 Å². The molecule has 0 fully saturated rings. The molecule has 0 saturated heterocycles. The third kappa shape index (κ3) is 6.77. The number of amides is 1. The van der Waals surface area contributed by atoms with Crippen LogP contribution in [0.4, 0.5) is 0 Å². The Kier molecular flexibility index (Phi) is 7.42. The highest BCUT2D eigenvalue weighted by Gasteiger charge is 1.96. The molecule has 1 N–H and O–H groups in total. The van der Waals surface area contributed by atoms with Gasteiger partial charge in [0.05, 0.1) is 12.7 Å². The van der Waals surface area contributed by atoms with E-state index < -0.39 is 0 Å². The quantitative estimate of drug-likeness (QED) is 0.629. The third-order valence-electron chi connectivity index (χ3n) is 1.98. The van der Waals surface area contributed by atoms with Crippen molar-refractivity contribution in [1.29, 1.82) is 0 Å². The summed E-state index contributed by atoms with van der Waals surface area (Å²) in [5.41, 5.74) is 0. The molecule has 0 aliphatic carbocycles. The summed E-state index contributed by atoms with van der Waals surface area (Å²) in [7, 11) is 0. The van der Waals surface area contributed by atoms with Gasteiger partial charge in [-0.1, -0.05) is 11.8 Å². The van der Waals surface area contributed by atoms with Crippen LogP contribution in [0.5, 0.6) is 5.75 Å². The third-order valence-corrected chi connectivity index (χ3v) is 2.25. The second-order valence-corrected chi connectivity index (χ2v) is 3.78. The first-order valence-electron chi connectivity index (χ1n) is 5.64. The van der Waals surface area contributed by atoms with Crippen LogP contribution in [0.3, 0.4) is 0 Å². The number of alkyl halides is 1. The monoisotopic (exact) mass is 266 g/mol. The maximum absolute atomic E-state index is 11.2. The predicted octanol–water partition coefficient (Wildman–Crippen LogP) is 1.60. The predicted molar refractivity (Wildman–Crippen MR) is 70.5 cm³/mol. The van der Waals surface area contributed by atoms with Gasteiger partial charge in [-0.05, 0) is 18.6 Å². The molecular weight excluding hydrogens is 252 g/mol. The average molecular weight is 267 g/mol. The molecule has 0 atom stereocenters. The minimum absolute atomic E-state index is 0.0295. The van der Waals surface area contributed by atoms with Crippen molar-refractivity contribution in [2.45, 2.75) is 12.8 Å². The molecule has 0 spiro atoms. The minimum atomic E-state index is -0.0295. The van der Waals surface area contributed by atoms with Gasteiger partial charge in [-0.3, -0.25) is 9.78 Å². The summed E-state index contributed by atoms with van der Waals surface area (Å²) < 4.78 is 5.31. The Bertz CT molecular complexity index is 412. The Morgan fingerprint density at radius 2 is 2.39 bits per heavy atom. The molecule has 0 aromatic carbocycles. The molecule has 1 heterocycles. The van der Waals surface area contributed by atoms with Crippen molar-refractivity contribution in [3.63, 3.8) is 0 Å². The van der Waals surface area contributed by atoms with Gasteiger partial charge in [-0.2, -0.15) is 0 Å². The molecule has 0 saturated carbocycles. The van der Waals surface area contributed by atoms with Gasteiger partial charge in [-0.15, -0.1) is 11.6 Å². The summed E-state index contributed by atoms with van der Waals surface area (Å²) in [4.78, 5) is 15.1. The van der Waals surface area contributed by atoms with E-state index in [-0.39, 0.29) is 12.5 Å². The highest BCUT2D eigenvalue weighted by molar-refractivity contribution is 6.17. The highest BCUT2D eigenvalue weighted by Crippen LogP contribution is 2.04. The zero-order chi connectivity index (χ0) is 13.1. The van der Waals surface area contributed by atoms with Crippen LogP contribution < -0.4 is 10.1 Å². The van der Waals surface area contributed by atoms with Crippen molar-refractivity contribution in [3.05, 3.63) is 24.5 Å². The van der Waals surface area contributed by atoms with Crippen LogP contribution in [0.2, 0.25) is 0 Å². The molecule has 1 rings (SSSR count). The topological polar surface area (TPSA) is 51.2 Å². The molecule has 0 bridgehead atoms. The Morgan fingerprint density at radius 1 is 1.50 bits per heavy atom. The van der Waals surface area contributed by atoms with Crippen LogP contribution in [0.1, 0.15) is 12.8 Å². The molecule has 0 aliphatic heterocycles. The van der Waals surface area contributed by atoms with Gasteiger partial charge in [0.1, 0.15) is 12.4 Å². The zero-order valence-electron chi connectivity index (χ0n) is 9.99. The number of hydrogen-bond donors (Lipinski definition) is 1. The van der Waals surface area contributed by atoms with Crippen LogP contribution in [-0.4, -0.2) is 29.9 Å². The number of nitrogens with one attached hydrogen (secondary N) is 1. The Labute approximate surface area is 112 Å². The minimum Gasteiger partial charge on any atom is -0.479 e. The summed E-state index contributed by atoms with van der Waals surface area (Å²) in [6.07, 6.45) is 4.42. The second-order valence-electron chi connectivity index (χ2n) is 3.40. The van der Waals surface area contributed by atoms with Crippen LogP contribution in [0.15, 0.2) is 24.5 Å². The molecule has 5 heteroatoms. The second kappa shape index (κ2) is 9.32. The maximum atomic E-state index is 11.2. The van der Waals surface area contributed by atoms with Gasteiger partial charge in [0.2, 0.25) is 5.91 Å². The van der Waals surface area contributed by atoms with Crippen molar-refractivity contribution >= 4 is 17.5 Å². The van der Waals surface area contributed by atoms with E-state index in [0.717, 1.165) is 0 Å². The molecule has 96 valence electrons. The molecule has 0 aliphatic rings. The van der Waals surface area contributed by atoms with Gasteiger partial charge in [-0.25, -0.2) is 0 Å². The van der Waals surface area contributed by atoms with E-state index in [2.05, 4.69) is 22.1 Å². The van der Waals surface area contributed by atoms with E-state index in [4.69, 9.17) is 16.3 Å². The van der Waals surface area contributed by atoms with Crippen molar-refractivity contribution in [2.24, 2.45) is 0 Å². The van der Waals surface area contributed by atoms with Crippen LogP contribution in [0, 0.1) is 11.8 Å². The fraction of sp³-hybridized carbons (Fsp3) is 0.385. The molecule has 18 heavy (non-hydrogen) atoms. The Balaban J connectivity index is 2.10. The molecule has 4 nitrogen and oxygen atoms in total. The normalized spacial score (nSPS) is 9.17. The van der Waals surface area contributed by atoms with E-state index in [1.54, 1.807) is 18.5 Å². The van der Waals surface area contributed by atoms with Crippen LogP contribution >= 0.6 is 11.6 Å². The number of aromatic nitrogens is 1. The lowest BCUT2D eigenvalue weighted by Crippen LogP contribution is -2.23. The summed E-state index contributed by atoms with van der Waals surface area (Å²) in [5.74, 6) is 6.75. The van der Waals surface area contributed by atoms with Crippen molar-refractivity contribution < 1.29 is 9.53 Å². The van der Waals surface area contributed by atoms with Gasteiger partial charge in [0.15, 0.2) is 0 Å². The first-order chi connectivity index (χ1) is 8.83. The lowest BCUT2D eigenvalue weighted by molar-refractivity contribution is -0.120. The molecule has 1 aromatic rings. The molecule has 0 unspecified atom stereocenters. The number of hydrogen-bond acceptors (Lipinski definition) is 3. The summed E-state index contributed by atoms with van der Waals surface area (Å²) in [6, 6.07) is 3.60. The summed E-state index contributed by atoms with van der Waals surface area (Å²) in [6.45, 7) is 0.612. The number of halogens is 1. The van der Waals surface area contributed by atoms with Crippen molar-refractivity contribution in [3.8, 4) is 17.6 Å². The van der Waals surface area contributed by atoms with E-state index in [1.807, 2.05) is 6.07 Å². The number of ether oxygens (including phenoxy) is 1. The largest absolute Gasteiger partial charge is 0.479 e. The summed E-state index contributed by atoms with van der Waals surface area (Å²) >= 11 is 5.48. The summed E-state index contributed by atoms with van der Waals surface area (Å²) in [5, 5.41) is 2.68. The maximum Gasteiger partial charge on any atom is 0.220 e. The number of rotatable bonds is 6. The lowest BCUT2D eigenvalue weighted by atomic mass is 10.3. The van der Waals surface area contributed by atoms with E-state index >= 15 is 0 Å². The number of carbonyl (C=O) groups is 1. The van der Waals surface area contributed by atoms with Crippen molar-refractivity contribution in [1.82, 2.24) is 10.3 Å². The van der Waals surface area contributed by atoms with Gasteiger partial charge in [0, 0.05) is 18.5 Å². The van der Waals surface area contributed by atoms with Crippen molar-refractivity contribution in [2.75, 3.05) is 19.0 Å². The standard InChI is InChI=1S/C13H15ClN2O2/c14-7-3-6-13(17)16-9-1-2-10-18-12-5-4-8-15-11-12/h4-5,8,11H,3,6-7,9-10H2,(H,16,17).